The van der Waals surface area contributed by atoms with Crippen molar-refractivity contribution in [3.05, 3.63) is 0 Å². The highest BCUT2D eigenvalue weighted by Crippen LogP contribution is 2.07. The third kappa shape index (κ3) is 9.02. The average molecular weight is 322 g/mol. The fraction of sp³-hybridized carbons (Fsp3) is 0.923. The molecule has 0 unspecified atom stereocenters. The molecule has 0 aliphatic carbocycles. The minimum absolute atomic E-state index is 0.116. The lowest BCUT2D eigenvalue weighted by Gasteiger charge is -2.22. The second-order valence-electron chi connectivity index (χ2n) is 4.94. The number of hydrogen-bond acceptors (Lipinski definition) is 6. The Morgan fingerprint density at radius 2 is 2.05 bits per heavy atom. The maximum absolute atomic E-state index is 11.6. The molecule has 0 aromatic heterocycles. The van der Waals surface area contributed by atoms with Crippen molar-refractivity contribution in [1.82, 2.24) is 10.0 Å². The molecule has 1 heterocycles. The molecule has 0 amide bonds. The zero-order valence-corrected chi connectivity index (χ0v) is 13.4. The van der Waals surface area contributed by atoms with Crippen molar-refractivity contribution < 1.29 is 22.7 Å². The molecule has 0 atom stereocenters. The Morgan fingerprint density at radius 3 is 2.71 bits per heavy atom. The lowest BCUT2D eigenvalue weighted by molar-refractivity contribution is -0.142. The molecule has 1 aliphatic rings. The summed E-state index contributed by atoms with van der Waals surface area (Å²) in [7, 11) is -3.42. The van der Waals surface area contributed by atoms with E-state index < -0.39 is 16.0 Å². The maximum Gasteiger partial charge on any atom is 0.306 e. The lowest BCUT2D eigenvalue weighted by atomic mass is 10.1. The van der Waals surface area contributed by atoms with Crippen LogP contribution in [0.3, 0.4) is 0 Å². The fourth-order valence-corrected chi connectivity index (χ4v) is 3.07. The van der Waals surface area contributed by atoms with Crippen molar-refractivity contribution in [3.63, 3.8) is 0 Å². The van der Waals surface area contributed by atoms with E-state index in [4.69, 9.17) is 9.47 Å². The number of hydrogen-bond donors (Lipinski definition) is 2. The van der Waals surface area contributed by atoms with Gasteiger partial charge in [0.15, 0.2) is 0 Å². The average Bonchev–Trinajstić information content (AvgIpc) is 2.46. The molecule has 0 spiro atoms. The van der Waals surface area contributed by atoms with Gasteiger partial charge in [0, 0.05) is 13.2 Å². The first-order valence-corrected chi connectivity index (χ1v) is 9.14. The highest BCUT2D eigenvalue weighted by atomic mass is 32.2. The molecule has 1 fully saturated rings. The van der Waals surface area contributed by atoms with Crippen LogP contribution in [0.4, 0.5) is 0 Å². The van der Waals surface area contributed by atoms with Gasteiger partial charge in [-0.3, -0.25) is 4.79 Å². The highest BCUT2D eigenvalue weighted by molar-refractivity contribution is 7.89. The first-order chi connectivity index (χ1) is 10.0. The van der Waals surface area contributed by atoms with Crippen molar-refractivity contribution in [2.75, 3.05) is 38.6 Å². The van der Waals surface area contributed by atoms with Crippen LogP contribution in [0.2, 0.25) is 0 Å². The van der Waals surface area contributed by atoms with Crippen molar-refractivity contribution >= 4 is 16.0 Å². The van der Waals surface area contributed by atoms with Gasteiger partial charge in [0.2, 0.25) is 10.0 Å². The number of esters is 1. The molecule has 1 saturated heterocycles. The third-order valence-electron chi connectivity index (χ3n) is 3.16. The van der Waals surface area contributed by atoms with E-state index in [0.29, 0.717) is 19.6 Å². The van der Waals surface area contributed by atoms with E-state index in [1.54, 1.807) is 6.92 Å². The smallest absolute Gasteiger partial charge is 0.306 e. The summed E-state index contributed by atoms with van der Waals surface area (Å²) in [6.07, 6.45) is 2.81. The van der Waals surface area contributed by atoms with Crippen LogP contribution in [0, 0.1) is 0 Å². The van der Waals surface area contributed by atoms with E-state index in [0.717, 1.165) is 25.9 Å². The molecule has 8 heteroatoms. The molecule has 0 bridgehead atoms. The molecule has 0 radical (unpaired) electrons. The zero-order chi connectivity index (χ0) is 15.6. The van der Waals surface area contributed by atoms with Crippen LogP contribution in [0.15, 0.2) is 0 Å². The molecular weight excluding hydrogens is 296 g/mol. The molecule has 2 N–H and O–H groups in total. The van der Waals surface area contributed by atoms with Crippen LogP contribution in [0.1, 0.15) is 32.6 Å². The Labute approximate surface area is 126 Å². The Kier molecular flexibility index (Phi) is 8.82. The fourth-order valence-electron chi connectivity index (χ4n) is 2.03. The standard InChI is InChI=1S/C13H26N2O5S/c1-2-19-13(16)6-11-21(17,18)15-7-3-10-20-12-4-8-14-9-5-12/h12,14-15H,2-11H2,1H3. The van der Waals surface area contributed by atoms with Crippen LogP contribution in [-0.4, -0.2) is 59.1 Å². The van der Waals surface area contributed by atoms with Gasteiger partial charge in [0.25, 0.3) is 0 Å². The molecule has 7 nitrogen and oxygen atoms in total. The first kappa shape index (κ1) is 18.3. The van der Waals surface area contributed by atoms with Crippen molar-refractivity contribution in [2.45, 2.75) is 38.7 Å². The van der Waals surface area contributed by atoms with Crippen molar-refractivity contribution in [2.24, 2.45) is 0 Å². The van der Waals surface area contributed by atoms with Gasteiger partial charge in [-0.2, -0.15) is 0 Å². The SMILES string of the molecule is CCOC(=O)CCS(=O)(=O)NCCCOC1CCNCC1. The summed E-state index contributed by atoms with van der Waals surface area (Å²) >= 11 is 0. The van der Waals surface area contributed by atoms with Gasteiger partial charge in [-0.25, -0.2) is 13.1 Å². The number of nitrogens with one attached hydrogen (secondary N) is 2. The van der Waals surface area contributed by atoms with E-state index in [1.807, 2.05) is 0 Å². The molecule has 21 heavy (non-hydrogen) atoms. The van der Waals surface area contributed by atoms with E-state index in [9.17, 15) is 13.2 Å². The van der Waals surface area contributed by atoms with Gasteiger partial charge in [-0.05, 0) is 39.3 Å². The van der Waals surface area contributed by atoms with Gasteiger partial charge in [-0.1, -0.05) is 0 Å². The lowest BCUT2D eigenvalue weighted by Crippen LogP contribution is -2.33. The molecule has 0 aromatic carbocycles. The van der Waals surface area contributed by atoms with E-state index in [2.05, 4.69) is 10.0 Å². The number of carbonyl (C=O) groups is 1. The molecule has 0 aromatic rings. The predicted molar refractivity (Wildman–Crippen MR) is 79.5 cm³/mol. The number of sulfonamides is 1. The molecular formula is C13H26N2O5S. The molecule has 1 rings (SSSR count). The van der Waals surface area contributed by atoms with Crippen molar-refractivity contribution in [3.8, 4) is 0 Å². The Morgan fingerprint density at radius 1 is 1.33 bits per heavy atom. The number of ether oxygens (including phenoxy) is 2. The molecule has 0 saturated carbocycles. The van der Waals surface area contributed by atoms with Gasteiger partial charge in [0.1, 0.15) is 0 Å². The summed E-state index contributed by atoms with van der Waals surface area (Å²) in [6.45, 7) is 4.78. The Bertz CT molecular complexity index is 393. The monoisotopic (exact) mass is 322 g/mol. The first-order valence-electron chi connectivity index (χ1n) is 7.49. The number of carbonyl (C=O) groups excluding carboxylic acids is 1. The minimum atomic E-state index is -3.42. The maximum atomic E-state index is 11.6. The third-order valence-corrected chi connectivity index (χ3v) is 4.55. The topological polar surface area (TPSA) is 93.7 Å². The van der Waals surface area contributed by atoms with Crippen molar-refractivity contribution in [1.29, 1.82) is 0 Å². The predicted octanol–water partition coefficient (Wildman–Crippen LogP) is 0.0177. The Hall–Kier alpha value is -0.700. The van der Waals surface area contributed by atoms with Gasteiger partial charge in [0.05, 0.1) is 24.9 Å². The normalized spacial score (nSPS) is 16.8. The van der Waals surface area contributed by atoms with Crippen LogP contribution in [-0.2, 0) is 24.3 Å². The van der Waals surface area contributed by atoms with Gasteiger partial charge < -0.3 is 14.8 Å². The largest absolute Gasteiger partial charge is 0.466 e. The second-order valence-corrected chi connectivity index (χ2v) is 6.87. The number of rotatable bonds is 10. The van der Waals surface area contributed by atoms with Crippen LogP contribution >= 0.6 is 0 Å². The van der Waals surface area contributed by atoms with E-state index in [1.165, 1.54) is 0 Å². The summed E-state index contributed by atoms with van der Waals surface area (Å²) in [5.74, 6) is -0.724. The minimum Gasteiger partial charge on any atom is -0.466 e. The van der Waals surface area contributed by atoms with Crippen LogP contribution in [0.5, 0.6) is 0 Å². The van der Waals surface area contributed by atoms with E-state index in [-0.39, 0.29) is 24.9 Å². The summed E-state index contributed by atoms with van der Waals surface area (Å²) in [4.78, 5) is 11.1. The van der Waals surface area contributed by atoms with E-state index >= 15 is 0 Å². The zero-order valence-electron chi connectivity index (χ0n) is 12.6. The van der Waals surface area contributed by atoms with Crippen LogP contribution < -0.4 is 10.0 Å². The second kappa shape index (κ2) is 10.1. The molecule has 124 valence electrons. The summed E-state index contributed by atoms with van der Waals surface area (Å²) < 4.78 is 36.1. The Balaban J connectivity index is 2.05. The quantitative estimate of drug-likeness (QED) is 0.435. The summed E-state index contributed by atoms with van der Waals surface area (Å²) in [6, 6.07) is 0. The van der Waals surface area contributed by atoms with Gasteiger partial charge >= 0.3 is 5.97 Å². The van der Waals surface area contributed by atoms with Gasteiger partial charge in [-0.15, -0.1) is 0 Å². The molecule has 1 aliphatic heterocycles. The van der Waals surface area contributed by atoms with Crippen LogP contribution in [0.25, 0.3) is 0 Å². The highest BCUT2D eigenvalue weighted by Gasteiger charge is 2.14. The number of piperidine rings is 1. The summed E-state index contributed by atoms with van der Waals surface area (Å²) in [5, 5.41) is 3.26. The summed E-state index contributed by atoms with van der Waals surface area (Å²) in [5.41, 5.74) is 0.